The van der Waals surface area contributed by atoms with Crippen molar-refractivity contribution in [1.82, 2.24) is 4.90 Å². The molecular weight excluding hydrogens is 493 g/mol. The quantitative estimate of drug-likeness (QED) is 0.439. The van der Waals surface area contributed by atoms with E-state index in [-0.39, 0.29) is 23.5 Å². The zero-order valence-electron chi connectivity index (χ0n) is 22.4. The van der Waals surface area contributed by atoms with Crippen molar-refractivity contribution in [2.24, 2.45) is 5.92 Å². The van der Waals surface area contributed by atoms with Gasteiger partial charge in [0, 0.05) is 49.0 Å². The zero-order chi connectivity index (χ0) is 27.2. The predicted octanol–water partition coefficient (Wildman–Crippen LogP) is 5.50. The maximum absolute atomic E-state index is 13.1. The van der Waals surface area contributed by atoms with Crippen molar-refractivity contribution in [3.05, 3.63) is 95.3 Å². The van der Waals surface area contributed by atoms with E-state index in [4.69, 9.17) is 4.74 Å². The van der Waals surface area contributed by atoms with Gasteiger partial charge >= 0.3 is 0 Å². The Labute approximate surface area is 229 Å². The third kappa shape index (κ3) is 6.84. The van der Waals surface area contributed by atoms with Gasteiger partial charge in [0.05, 0.1) is 13.2 Å². The molecule has 3 aromatic rings. The number of ether oxygens (including phenoxy) is 1. The van der Waals surface area contributed by atoms with Crippen LogP contribution in [0.15, 0.2) is 72.8 Å². The second-order valence-corrected chi connectivity index (χ2v) is 10.6. The SMILES string of the molecule is CC(Cc1ccc(F)cc1)C(=O)Nc1ccc(C2CCN(C(=O)c3ccc(N4CCOCC4)cc3)CC2)cc1. The van der Waals surface area contributed by atoms with Crippen LogP contribution in [-0.2, 0) is 16.0 Å². The van der Waals surface area contributed by atoms with E-state index in [1.165, 1.54) is 17.7 Å². The highest BCUT2D eigenvalue weighted by Gasteiger charge is 2.25. The van der Waals surface area contributed by atoms with Crippen molar-refractivity contribution in [1.29, 1.82) is 0 Å². The lowest BCUT2D eigenvalue weighted by Gasteiger charge is -2.32. The van der Waals surface area contributed by atoms with E-state index in [1.54, 1.807) is 12.1 Å². The molecule has 2 fully saturated rings. The van der Waals surface area contributed by atoms with Gasteiger partial charge in [-0.1, -0.05) is 31.2 Å². The fraction of sp³-hybridized carbons (Fsp3) is 0.375. The molecular formula is C32H36FN3O3. The maximum Gasteiger partial charge on any atom is 0.253 e. The molecule has 2 aliphatic rings. The Morgan fingerprint density at radius 2 is 1.54 bits per heavy atom. The molecule has 3 aromatic carbocycles. The van der Waals surface area contributed by atoms with Crippen LogP contribution in [-0.4, -0.2) is 56.1 Å². The molecule has 6 nitrogen and oxygen atoms in total. The highest BCUT2D eigenvalue weighted by molar-refractivity contribution is 5.94. The Morgan fingerprint density at radius 3 is 2.18 bits per heavy atom. The van der Waals surface area contributed by atoms with Gasteiger partial charge in [-0.15, -0.1) is 0 Å². The zero-order valence-corrected chi connectivity index (χ0v) is 22.4. The summed E-state index contributed by atoms with van der Waals surface area (Å²) in [5, 5.41) is 2.99. The largest absolute Gasteiger partial charge is 0.378 e. The average Bonchev–Trinajstić information content (AvgIpc) is 2.99. The van der Waals surface area contributed by atoms with Gasteiger partial charge in [0.1, 0.15) is 5.82 Å². The molecule has 0 aromatic heterocycles. The van der Waals surface area contributed by atoms with Gasteiger partial charge in [-0.25, -0.2) is 4.39 Å². The van der Waals surface area contributed by atoms with Crippen molar-refractivity contribution in [3.8, 4) is 0 Å². The van der Waals surface area contributed by atoms with E-state index in [1.807, 2.05) is 48.2 Å². The van der Waals surface area contributed by atoms with Crippen LogP contribution in [0.25, 0.3) is 0 Å². The van der Waals surface area contributed by atoms with Crippen LogP contribution in [0.4, 0.5) is 15.8 Å². The molecule has 204 valence electrons. The summed E-state index contributed by atoms with van der Waals surface area (Å²) in [6.45, 7) is 6.58. The Balaban J connectivity index is 1.10. The van der Waals surface area contributed by atoms with E-state index >= 15 is 0 Å². The number of hydrogen-bond donors (Lipinski definition) is 1. The first-order valence-electron chi connectivity index (χ1n) is 13.8. The van der Waals surface area contributed by atoms with Gasteiger partial charge in [0.25, 0.3) is 5.91 Å². The number of anilines is 2. The molecule has 7 heteroatoms. The summed E-state index contributed by atoms with van der Waals surface area (Å²) >= 11 is 0. The number of morpholine rings is 1. The number of rotatable bonds is 7. The van der Waals surface area contributed by atoms with Gasteiger partial charge in [0.15, 0.2) is 0 Å². The fourth-order valence-corrected chi connectivity index (χ4v) is 5.41. The highest BCUT2D eigenvalue weighted by Crippen LogP contribution is 2.30. The molecule has 1 N–H and O–H groups in total. The van der Waals surface area contributed by atoms with Crippen molar-refractivity contribution >= 4 is 23.2 Å². The molecule has 0 radical (unpaired) electrons. The number of halogens is 1. The van der Waals surface area contributed by atoms with Crippen molar-refractivity contribution in [2.75, 3.05) is 49.6 Å². The molecule has 39 heavy (non-hydrogen) atoms. The van der Waals surface area contributed by atoms with Crippen LogP contribution in [0.2, 0.25) is 0 Å². The van der Waals surface area contributed by atoms with Crippen LogP contribution < -0.4 is 10.2 Å². The van der Waals surface area contributed by atoms with Crippen LogP contribution in [0.3, 0.4) is 0 Å². The monoisotopic (exact) mass is 529 g/mol. The summed E-state index contributed by atoms with van der Waals surface area (Å²) in [6, 6.07) is 22.3. The normalized spacial score (nSPS) is 17.1. The summed E-state index contributed by atoms with van der Waals surface area (Å²) in [7, 11) is 0. The third-order valence-corrected chi connectivity index (χ3v) is 7.83. The highest BCUT2D eigenvalue weighted by atomic mass is 19.1. The fourth-order valence-electron chi connectivity index (χ4n) is 5.41. The first kappa shape index (κ1) is 26.9. The summed E-state index contributed by atoms with van der Waals surface area (Å²) in [4.78, 5) is 30.0. The Bertz CT molecular complexity index is 1250. The van der Waals surface area contributed by atoms with Gasteiger partial charge in [-0.2, -0.15) is 0 Å². The first-order valence-corrected chi connectivity index (χ1v) is 13.8. The standard InChI is InChI=1S/C32H36FN3O3/c1-23(22-24-2-8-28(33)9-3-24)31(37)34-29-10-4-25(5-11-29)26-14-16-36(17-15-26)32(38)27-6-12-30(13-7-27)35-18-20-39-21-19-35/h2-13,23,26H,14-22H2,1H3,(H,34,37). The average molecular weight is 530 g/mol. The number of benzene rings is 3. The minimum atomic E-state index is -0.275. The molecule has 1 unspecified atom stereocenters. The number of amides is 2. The molecule has 2 aliphatic heterocycles. The second kappa shape index (κ2) is 12.4. The number of hydrogen-bond acceptors (Lipinski definition) is 4. The minimum Gasteiger partial charge on any atom is -0.378 e. The summed E-state index contributed by atoms with van der Waals surface area (Å²) in [6.07, 6.45) is 2.38. The molecule has 0 spiro atoms. The molecule has 2 amide bonds. The van der Waals surface area contributed by atoms with Crippen LogP contribution in [0, 0.1) is 11.7 Å². The van der Waals surface area contributed by atoms with E-state index in [0.29, 0.717) is 12.3 Å². The lowest BCUT2D eigenvalue weighted by Crippen LogP contribution is -2.38. The van der Waals surface area contributed by atoms with Gasteiger partial charge in [-0.3, -0.25) is 9.59 Å². The molecule has 2 saturated heterocycles. The van der Waals surface area contributed by atoms with Crippen LogP contribution in [0.1, 0.15) is 47.2 Å². The lowest BCUT2D eigenvalue weighted by atomic mass is 9.89. The smallest absolute Gasteiger partial charge is 0.253 e. The predicted molar refractivity (Wildman–Crippen MR) is 152 cm³/mol. The summed E-state index contributed by atoms with van der Waals surface area (Å²) in [5.74, 6) is -0.0817. The minimum absolute atomic E-state index is 0.0585. The topological polar surface area (TPSA) is 61.9 Å². The van der Waals surface area contributed by atoms with Crippen LogP contribution >= 0.6 is 0 Å². The number of carbonyl (C=O) groups excluding carboxylic acids is 2. The Morgan fingerprint density at radius 1 is 0.897 bits per heavy atom. The number of nitrogens with one attached hydrogen (secondary N) is 1. The molecule has 1 atom stereocenters. The molecule has 0 aliphatic carbocycles. The van der Waals surface area contributed by atoms with E-state index in [0.717, 1.165) is 74.7 Å². The van der Waals surface area contributed by atoms with Crippen molar-refractivity contribution in [2.45, 2.75) is 32.1 Å². The summed E-state index contributed by atoms with van der Waals surface area (Å²) in [5.41, 5.74) is 4.80. The number of carbonyl (C=O) groups is 2. The van der Waals surface area contributed by atoms with Gasteiger partial charge in [-0.05, 0) is 84.8 Å². The molecule has 2 heterocycles. The molecule has 5 rings (SSSR count). The van der Waals surface area contributed by atoms with E-state index in [2.05, 4.69) is 22.3 Å². The number of nitrogens with zero attached hydrogens (tertiary/aromatic N) is 2. The Hall–Kier alpha value is -3.71. The summed E-state index contributed by atoms with van der Waals surface area (Å²) < 4.78 is 18.6. The Kier molecular flexibility index (Phi) is 8.57. The first-order chi connectivity index (χ1) is 19.0. The maximum atomic E-state index is 13.1. The van der Waals surface area contributed by atoms with Gasteiger partial charge < -0.3 is 19.9 Å². The number of likely N-dealkylation sites (tertiary alicyclic amines) is 1. The van der Waals surface area contributed by atoms with E-state index < -0.39 is 0 Å². The molecule has 0 saturated carbocycles. The molecule has 0 bridgehead atoms. The number of piperidine rings is 1. The van der Waals surface area contributed by atoms with Crippen molar-refractivity contribution < 1.29 is 18.7 Å². The van der Waals surface area contributed by atoms with E-state index in [9.17, 15) is 14.0 Å². The van der Waals surface area contributed by atoms with Crippen LogP contribution in [0.5, 0.6) is 0 Å². The van der Waals surface area contributed by atoms with Gasteiger partial charge in [0.2, 0.25) is 5.91 Å². The lowest BCUT2D eigenvalue weighted by molar-refractivity contribution is -0.119. The van der Waals surface area contributed by atoms with Crippen molar-refractivity contribution in [3.63, 3.8) is 0 Å². The second-order valence-electron chi connectivity index (χ2n) is 10.6. The third-order valence-electron chi connectivity index (χ3n) is 7.83.